The Hall–Kier alpha value is -1.26. The first kappa shape index (κ1) is 14.2. The fraction of sp³-hybridized carbons (Fsp3) is 0.0769. The smallest absolute Gasteiger partial charge is 0.161 e. The van der Waals surface area contributed by atoms with Gasteiger partial charge >= 0.3 is 0 Å². The maximum absolute atomic E-state index is 13.6. The van der Waals surface area contributed by atoms with E-state index in [1.54, 1.807) is 0 Å². The lowest BCUT2D eigenvalue weighted by Crippen LogP contribution is -2.01. The van der Waals surface area contributed by atoms with Crippen molar-refractivity contribution in [3.63, 3.8) is 0 Å². The lowest BCUT2D eigenvalue weighted by atomic mass is 10.0. The van der Waals surface area contributed by atoms with Crippen LogP contribution in [0.25, 0.3) is 0 Å². The highest BCUT2D eigenvalue weighted by Crippen LogP contribution is 2.36. The monoisotopic (exact) mass is 308 g/mol. The minimum Gasteiger partial charge on any atom is -0.207 e. The van der Waals surface area contributed by atoms with Gasteiger partial charge in [-0.2, -0.15) is 0 Å². The Labute approximate surface area is 116 Å². The van der Waals surface area contributed by atoms with E-state index in [-0.39, 0.29) is 16.1 Å². The Morgan fingerprint density at radius 1 is 0.789 bits per heavy atom. The van der Waals surface area contributed by atoms with Crippen molar-refractivity contribution in [1.82, 2.24) is 0 Å². The van der Waals surface area contributed by atoms with Crippen molar-refractivity contribution >= 4 is 23.2 Å². The summed E-state index contributed by atoms with van der Waals surface area (Å²) in [5, 5.41) is -1.51. The zero-order valence-corrected chi connectivity index (χ0v) is 10.7. The average molecular weight is 309 g/mol. The van der Waals surface area contributed by atoms with Gasteiger partial charge in [0.05, 0.1) is 10.4 Å². The second-order valence-electron chi connectivity index (χ2n) is 3.79. The molecule has 1 unspecified atom stereocenters. The van der Waals surface area contributed by atoms with Crippen LogP contribution in [0.5, 0.6) is 0 Å². The predicted molar refractivity (Wildman–Crippen MR) is 65.4 cm³/mol. The van der Waals surface area contributed by atoms with E-state index in [1.807, 2.05) is 0 Å². The molecule has 0 amide bonds. The molecule has 0 saturated heterocycles. The van der Waals surface area contributed by atoms with E-state index < -0.39 is 28.6 Å². The van der Waals surface area contributed by atoms with Crippen LogP contribution in [0.15, 0.2) is 30.3 Å². The van der Waals surface area contributed by atoms with Crippen LogP contribution in [-0.4, -0.2) is 0 Å². The van der Waals surface area contributed by atoms with E-state index in [4.69, 9.17) is 23.2 Å². The van der Waals surface area contributed by atoms with Crippen molar-refractivity contribution in [3.05, 3.63) is 69.8 Å². The summed E-state index contributed by atoms with van der Waals surface area (Å²) in [5.74, 6) is -4.32. The van der Waals surface area contributed by atoms with Crippen molar-refractivity contribution in [1.29, 1.82) is 0 Å². The average Bonchev–Trinajstić information content (AvgIpc) is 2.36. The normalized spacial score (nSPS) is 12.5. The molecule has 0 N–H and O–H groups in total. The quantitative estimate of drug-likeness (QED) is 0.405. The van der Waals surface area contributed by atoms with Gasteiger partial charge in [0.1, 0.15) is 11.6 Å². The summed E-state index contributed by atoms with van der Waals surface area (Å²) >= 11 is 11.7. The summed E-state index contributed by atoms with van der Waals surface area (Å²) < 4.78 is 52.8. The van der Waals surface area contributed by atoms with Gasteiger partial charge < -0.3 is 0 Å². The predicted octanol–water partition coefficient (Wildman–Crippen LogP) is 5.22. The molecule has 0 spiro atoms. The second-order valence-corrected chi connectivity index (χ2v) is 4.61. The zero-order valence-electron chi connectivity index (χ0n) is 9.23. The number of alkyl halides is 1. The van der Waals surface area contributed by atoms with Crippen molar-refractivity contribution in [2.45, 2.75) is 5.38 Å². The number of hydrogen-bond donors (Lipinski definition) is 0. The summed E-state index contributed by atoms with van der Waals surface area (Å²) in [6.07, 6.45) is 0. The molecule has 0 bridgehead atoms. The van der Waals surface area contributed by atoms with E-state index in [0.717, 1.165) is 6.07 Å². The van der Waals surface area contributed by atoms with Gasteiger partial charge in [0.15, 0.2) is 11.6 Å². The summed E-state index contributed by atoms with van der Waals surface area (Å²) in [6.45, 7) is 0. The van der Waals surface area contributed by atoms with Gasteiger partial charge in [-0.1, -0.05) is 23.7 Å². The highest BCUT2D eigenvalue weighted by molar-refractivity contribution is 6.33. The van der Waals surface area contributed by atoms with Crippen molar-refractivity contribution < 1.29 is 17.6 Å². The van der Waals surface area contributed by atoms with Crippen LogP contribution >= 0.6 is 23.2 Å². The third-order valence-corrected chi connectivity index (χ3v) is 3.44. The molecule has 0 aliphatic heterocycles. The van der Waals surface area contributed by atoms with Gasteiger partial charge in [0.2, 0.25) is 0 Å². The van der Waals surface area contributed by atoms with Crippen LogP contribution in [0.3, 0.4) is 0 Å². The first-order valence-corrected chi connectivity index (χ1v) is 5.95. The molecular formula is C13H6Cl2F4. The molecule has 6 heteroatoms. The third kappa shape index (κ3) is 2.69. The Bertz CT molecular complexity index is 628. The van der Waals surface area contributed by atoms with Crippen LogP contribution < -0.4 is 0 Å². The third-order valence-electron chi connectivity index (χ3n) is 2.57. The SMILES string of the molecule is Fc1cc(F)c(C(Cl)c2cccc(F)c2Cl)cc1F. The van der Waals surface area contributed by atoms with Crippen LogP contribution in [-0.2, 0) is 0 Å². The Morgan fingerprint density at radius 2 is 1.42 bits per heavy atom. The van der Waals surface area contributed by atoms with Crippen LogP contribution in [0.1, 0.15) is 16.5 Å². The molecule has 0 heterocycles. The zero-order chi connectivity index (χ0) is 14.2. The molecular weight excluding hydrogens is 303 g/mol. The van der Waals surface area contributed by atoms with Gasteiger partial charge in [-0.3, -0.25) is 0 Å². The van der Waals surface area contributed by atoms with Gasteiger partial charge in [0.25, 0.3) is 0 Å². The second kappa shape index (κ2) is 5.39. The minimum atomic E-state index is -1.32. The molecule has 100 valence electrons. The molecule has 0 aromatic heterocycles. The molecule has 0 aliphatic carbocycles. The van der Waals surface area contributed by atoms with Crippen molar-refractivity contribution in [2.24, 2.45) is 0 Å². The van der Waals surface area contributed by atoms with Gasteiger partial charge in [-0.05, 0) is 17.7 Å². The summed E-state index contributed by atoms with van der Waals surface area (Å²) in [5.41, 5.74) is -0.235. The lowest BCUT2D eigenvalue weighted by molar-refractivity contribution is 0.490. The maximum atomic E-state index is 13.6. The van der Waals surface area contributed by atoms with E-state index in [9.17, 15) is 17.6 Å². The first-order valence-electron chi connectivity index (χ1n) is 5.14. The number of hydrogen-bond acceptors (Lipinski definition) is 0. The summed E-state index contributed by atoms with van der Waals surface area (Å²) in [7, 11) is 0. The minimum absolute atomic E-state index is 0.0771. The van der Waals surface area contributed by atoms with E-state index in [0.29, 0.717) is 12.1 Å². The highest BCUT2D eigenvalue weighted by atomic mass is 35.5. The lowest BCUT2D eigenvalue weighted by Gasteiger charge is -2.13. The van der Waals surface area contributed by atoms with Gasteiger partial charge in [0, 0.05) is 11.6 Å². The fourth-order valence-corrected chi connectivity index (χ4v) is 2.26. The molecule has 0 radical (unpaired) electrons. The van der Waals surface area contributed by atoms with E-state index in [1.165, 1.54) is 12.1 Å². The Kier molecular flexibility index (Phi) is 4.02. The molecule has 0 nitrogen and oxygen atoms in total. The van der Waals surface area contributed by atoms with Crippen LogP contribution in [0, 0.1) is 23.3 Å². The Balaban J connectivity index is 2.53. The summed E-state index contributed by atoms with van der Waals surface area (Å²) in [6, 6.07) is 4.83. The molecule has 2 aromatic carbocycles. The molecule has 19 heavy (non-hydrogen) atoms. The highest BCUT2D eigenvalue weighted by Gasteiger charge is 2.21. The van der Waals surface area contributed by atoms with E-state index in [2.05, 4.69) is 0 Å². The van der Waals surface area contributed by atoms with Gasteiger partial charge in [-0.25, -0.2) is 17.6 Å². The number of halogens is 6. The topological polar surface area (TPSA) is 0 Å². The van der Waals surface area contributed by atoms with Crippen molar-refractivity contribution in [2.75, 3.05) is 0 Å². The van der Waals surface area contributed by atoms with E-state index >= 15 is 0 Å². The molecule has 2 rings (SSSR count). The van der Waals surface area contributed by atoms with Crippen LogP contribution in [0.4, 0.5) is 17.6 Å². The molecule has 0 aliphatic rings. The molecule has 0 saturated carbocycles. The van der Waals surface area contributed by atoms with Crippen molar-refractivity contribution in [3.8, 4) is 0 Å². The molecule has 2 aromatic rings. The maximum Gasteiger partial charge on any atom is 0.161 e. The Morgan fingerprint density at radius 3 is 2.11 bits per heavy atom. The summed E-state index contributed by atoms with van der Waals surface area (Å²) in [4.78, 5) is 0. The molecule has 0 fully saturated rings. The number of benzene rings is 2. The fourth-order valence-electron chi connectivity index (χ4n) is 1.62. The first-order chi connectivity index (χ1) is 8.91. The largest absolute Gasteiger partial charge is 0.207 e. The number of rotatable bonds is 2. The standard InChI is InChI=1S/C13H6Cl2F4/c14-12(6-2-1-3-8(16)13(6)15)7-4-10(18)11(19)5-9(7)17/h1-5,12H. The van der Waals surface area contributed by atoms with Gasteiger partial charge in [-0.15, -0.1) is 11.6 Å². The molecule has 1 atom stereocenters. The van der Waals surface area contributed by atoms with Crippen LogP contribution in [0.2, 0.25) is 5.02 Å².